The van der Waals surface area contributed by atoms with E-state index in [1.54, 1.807) is 0 Å². The van der Waals surface area contributed by atoms with Crippen molar-refractivity contribution >= 4 is 16.0 Å². The summed E-state index contributed by atoms with van der Waals surface area (Å²) in [6, 6.07) is -0.230. The van der Waals surface area contributed by atoms with Gasteiger partial charge in [-0.2, -0.15) is 5.10 Å². The van der Waals surface area contributed by atoms with Crippen LogP contribution in [0.3, 0.4) is 0 Å². The van der Waals surface area contributed by atoms with Crippen LogP contribution in [0.25, 0.3) is 0 Å². The normalized spacial score (nSPS) is 16.3. The van der Waals surface area contributed by atoms with Crippen LogP contribution in [0.2, 0.25) is 0 Å². The minimum absolute atomic E-state index is 0.0423. The number of hydrogen-bond donors (Lipinski definition) is 2. The maximum atomic E-state index is 12.2. The SMILES string of the molecule is Cc1nn(CC(=O)O)c(C)c1S(=O)(=O)NC1COC1. The second-order valence-electron chi connectivity index (χ2n) is 4.41. The summed E-state index contributed by atoms with van der Waals surface area (Å²) in [6.07, 6.45) is 0. The zero-order valence-electron chi connectivity index (χ0n) is 10.6. The Morgan fingerprint density at radius 1 is 1.53 bits per heavy atom. The van der Waals surface area contributed by atoms with Crippen LogP contribution in [-0.4, -0.2) is 48.5 Å². The Bertz CT molecular complexity index is 603. The molecule has 0 atom stereocenters. The summed E-state index contributed by atoms with van der Waals surface area (Å²) in [5.74, 6) is -1.07. The third kappa shape index (κ3) is 2.77. The number of sulfonamides is 1. The molecule has 1 aromatic heterocycles. The predicted octanol–water partition coefficient (Wildman–Crippen LogP) is -0.738. The number of carboxylic acid groups (broad SMARTS) is 1. The van der Waals surface area contributed by atoms with Gasteiger partial charge in [0.1, 0.15) is 11.4 Å². The standard InChI is InChI=1S/C10H15N3O5S/c1-6-10(7(2)13(11-6)3-9(14)15)19(16,17)12-8-4-18-5-8/h8,12H,3-5H2,1-2H3,(H,14,15). The summed E-state index contributed by atoms with van der Waals surface area (Å²) in [7, 11) is -3.70. The van der Waals surface area contributed by atoms with Gasteiger partial charge in [0.2, 0.25) is 10.0 Å². The van der Waals surface area contributed by atoms with Gasteiger partial charge in [-0.1, -0.05) is 0 Å². The molecule has 2 heterocycles. The van der Waals surface area contributed by atoms with E-state index in [0.29, 0.717) is 18.9 Å². The molecule has 0 aromatic carbocycles. The van der Waals surface area contributed by atoms with E-state index in [1.807, 2.05) is 0 Å². The van der Waals surface area contributed by atoms with Crippen LogP contribution in [0, 0.1) is 13.8 Å². The number of carboxylic acids is 1. The molecule has 0 unspecified atom stereocenters. The van der Waals surface area contributed by atoms with Crippen molar-refractivity contribution in [2.45, 2.75) is 31.3 Å². The molecule has 1 aliphatic heterocycles. The smallest absolute Gasteiger partial charge is 0.325 e. The fourth-order valence-corrected chi connectivity index (χ4v) is 3.55. The monoisotopic (exact) mass is 289 g/mol. The molecule has 19 heavy (non-hydrogen) atoms. The number of nitrogens with one attached hydrogen (secondary N) is 1. The fourth-order valence-electron chi connectivity index (χ4n) is 1.93. The highest BCUT2D eigenvalue weighted by molar-refractivity contribution is 7.89. The van der Waals surface area contributed by atoms with Crippen molar-refractivity contribution in [2.24, 2.45) is 0 Å². The summed E-state index contributed by atoms with van der Waals surface area (Å²) in [4.78, 5) is 10.7. The van der Waals surface area contributed by atoms with Crippen molar-refractivity contribution in [3.8, 4) is 0 Å². The van der Waals surface area contributed by atoms with Gasteiger partial charge in [0.15, 0.2) is 0 Å². The number of nitrogens with zero attached hydrogens (tertiary/aromatic N) is 2. The average Bonchev–Trinajstić information content (AvgIpc) is 2.48. The minimum atomic E-state index is -3.70. The highest BCUT2D eigenvalue weighted by atomic mass is 32.2. The van der Waals surface area contributed by atoms with Gasteiger partial charge in [-0.25, -0.2) is 13.1 Å². The van der Waals surface area contributed by atoms with Gasteiger partial charge in [-0.15, -0.1) is 0 Å². The van der Waals surface area contributed by atoms with E-state index in [2.05, 4.69) is 9.82 Å². The number of rotatable bonds is 5. The maximum absolute atomic E-state index is 12.2. The van der Waals surface area contributed by atoms with Crippen molar-refractivity contribution in [3.63, 3.8) is 0 Å². The van der Waals surface area contributed by atoms with Crippen LogP contribution in [-0.2, 0) is 26.1 Å². The van der Waals surface area contributed by atoms with Gasteiger partial charge in [0, 0.05) is 0 Å². The summed E-state index contributed by atoms with van der Waals surface area (Å²) in [6.45, 7) is 3.40. The third-order valence-corrected chi connectivity index (χ3v) is 4.60. The first-order chi connectivity index (χ1) is 8.81. The zero-order chi connectivity index (χ0) is 14.2. The quantitative estimate of drug-likeness (QED) is 0.739. The average molecular weight is 289 g/mol. The lowest BCUT2D eigenvalue weighted by Crippen LogP contribution is -2.48. The molecule has 2 rings (SSSR count). The van der Waals surface area contributed by atoms with E-state index in [9.17, 15) is 13.2 Å². The molecular weight excluding hydrogens is 274 g/mol. The largest absolute Gasteiger partial charge is 0.480 e. The lowest BCUT2D eigenvalue weighted by Gasteiger charge is -2.26. The summed E-state index contributed by atoms with van der Waals surface area (Å²) < 4.78 is 33.0. The molecule has 2 N–H and O–H groups in total. The third-order valence-electron chi connectivity index (χ3n) is 2.83. The summed E-state index contributed by atoms with van der Waals surface area (Å²) in [5.41, 5.74) is 0.596. The van der Waals surface area contributed by atoms with E-state index >= 15 is 0 Å². The first-order valence-corrected chi connectivity index (χ1v) is 7.15. The van der Waals surface area contributed by atoms with E-state index < -0.39 is 16.0 Å². The Morgan fingerprint density at radius 2 is 2.16 bits per heavy atom. The maximum Gasteiger partial charge on any atom is 0.325 e. The molecular formula is C10H15N3O5S. The van der Waals surface area contributed by atoms with Crippen molar-refractivity contribution in [1.29, 1.82) is 0 Å². The van der Waals surface area contributed by atoms with Crippen molar-refractivity contribution < 1.29 is 23.1 Å². The van der Waals surface area contributed by atoms with Crippen LogP contribution in [0.4, 0.5) is 0 Å². The Morgan fingerprint density at radius 3 is 2.63 bits per heavy atom. The van der Waals surface area contributed by atoms with Crippen molar-refractivity contribution in [2.75, 3.05) is 13.2 Å². The summed E-state index contributed by atoms with van der Waals surface area (Å²) >= 11 is 0. The second-order valence-corrected chi connectivity index (χ2v) is 6.06. The number of aromatic nitrogens is 2. The van der Waals surface area contributed by atoms with Gasteiger partial charge in [0.25, 0.3) is 0 Å². The molecule has 106 valence electrons. The van der Waals surface area contributed by atoms with Gasteiger partial charge in [0.05, 0.1) is 30.6 Å². The molecule has 1 saturated heterocycles. The molecule has 0 aliphatic carbocycles. The molecule has 0 bridgehead atoms. The first kappa shape index (κ1) is 14.0. The number of ether oxygens (including phenoxy) is 1. The van der Waals surface area contributed by atoms with Gasteiger partial charge >= 0.3 is 5.97 Å². The number of aryl methyl sites for hydroxylation is 1. The van der Waals surface area contributed by atoms with Gasteiger partial charge < -0.3 is 9.84 Å². The molecule has 0 spiro atoms. The summed E-state index contributed by atoms with van der Waals surface area (Å²) in [5, 5.41) is 12.7. The number of aliphatic carboxylic acids is 1. The Balaban J connectivity index is 2.32. The molecule has 0 amide bonds. The Labute approximate surface area is 110 Å². The lowest BCUT2D eigenvalue weighted by molar-refractivity contribution is -0.137. The lowest BCUT2D eigenvalue weighted by atomic mass is 10.3. The van der Waals surface area contributed by atoms with Crippen LogP contribution in [0.1, 0.15) is 11.4 Å². The highest BCUT2D eigenvalue weighted by Crippen LogP contribution is 2.20. The molecule has 1 fully saturated rings. The van der Waals surface area contributed by atoms with Gasteiger partial charge in [-0.05, 0) is 13.8 Å². The molecule has 8 nitrogen and oxygen atoms in total. The number of hydrogen-bond acceptors (Lipinski definition) is 5. The molecule has 9 heteroatoms. The van der Waals surface area contributed by atoms with Crippen molar-refractivity contribution in [1.82, 2.24) is 14.5 Å². The topological polar surface area (TPSA) is 111 Å². The minimum Gasteiger partial charge on any atom is -0.480 e. The van der Waals surface area contributed by atoms with E-state index in [-0.39, 0.29) is 23.2 Å². The first-order valence-electron chi connectivity index (χ1n) is 5.67. The van der Waals surface area contributed by atoms with E-state index in [1.165, 1.54) is 18.5 Å². The van der Waals surface area contributed by atoms with Gasteiger partial charge in [-0.3, -0.25) is 9.48 Å². The molecule has 1 aliphatic rings. The highest BCUT2D eigenvalue weighted by Gasteiger charge is 2.30. The Hall–Kier alpha value is -1.45. The predicted molar refractivity (Wildman–Crippen MR) is 64.3 cm³/mol. The van der Waals surface area contributed by atoms with E-state index in [0.717, 1.165) is 0 Å². The molecule has 0 radical (unpaired) electrons. The van der Waals surface area contributed by atoms with Crippen LogP contribution in [0.15, 0.2) is 4.90 Å². The van der Waals surface area contributed by atoms with E-state index in [4.69, 9.17) is 9.84 Å². The number of carbonyl (C=O) groups is 1. The Kier molecular flexibility index (Phi) is 3.61. The fraction of sp³-hybridized carbons (Fsp3) is 0.600. The van der Waals surface area contributed by atoms with Crippen LogP contribution >= 0.6 is 0 Å². The molecule has 0 saturated carbocycles. The second kappa shape index (κ2) is 4.91. The van der Waals surface area contributed by atoms with Crippen LogP contribution < -0.4 is 4.72 Å². The van der Waals surface area contributed by atoms with Crippen molar-refractivity contribution in [3.05, 3.63) is 11.4 Å². The van der Waals surface area contributed by atoms with Crippen LogP contribution in [0.5, 0.6) is 0 Å². The zero-order valence-corrected chi connectivity index (χ0v) is 11.4. The molecule has 1 aromatic rings.